The standard InChI is InChI=1S/C11H6Cl2N2O2/c12-7-1-8(11(17)9(13)2-7)10(16)6-3-14-5-15-4-6/h1-5,17H. The first-order chi connectivity index (χ1) is 8.09. The molecule has 0 atom stereocenters. The molecule has 0 spiro atoms. The molecule has 2 rings (SSSR count). The summed E-state index contributed by atoms with van der Waals surface area (Å²) in [7, 11) is 0. The molecule has 0 unspecified atom stereocenters. The molecule has 0 fully saturated rings. The molecule has 0 aliphatic heterocycles. The van der Waals surface area contributed by atoms with Crippen molar-refractivity contribution in [1.82, 2.24) is 9.97 Å². The first-order valence-corrected chi connectivity index (χ1v) is 5.33. The fourth-order valence-electron chi connectivity index (χ4n) is 1.31. The van der Waals surface area contributed by atoms with Gasteiger partial charge < -0.3 is 5.11 Å². The number of carbonyl (C=O) groups is 1. The van der Waals surface area contributed by atoms with Crippen LogP contribution in [0.2, 0.25) is 10.0 Å². The first-order valence-electron chi connectivity index (χ1n) is 4.57. The summed E-state index contributed by atoms with van der Waals surface area (Å²) >= 11 is 11.5. The van der Waals surface area contributed by atoms with Gasteiger partial charge in [-0.2, -0.15) is 0 Å². The van der Waals surface area contributed by atoms with Gasteiger partial charge in [0, 0.05) is 17.4 Å². The summed E-state index contributed by atoms with van der Waals surface area (Å²) in [6.45, 7) is 0. The fourth-order valence-corrected chi connectivity index (χ4v) is 1.80. The van der Waals surface area contributed by atoms with Gasteiger partial charge in [-0.3, -0.25) is 4.79 Å². The summed E-state index contributed by atoms with van der Waals surface area (Å²) in [6, 6.07) is 2.70. The average molecular weight is 269 g/mol. The normalized spacial score (nSPS) is 10.2. The van der Waals surface area contributed by atoms with Crippen LogP contribution in [0.1, 0.15) is 15.9 Å². The van der Waals surface area contributed by atoms with Crippen LogP contribution < -0.4 is 0 Å². The van der Waals surface area contributed by atoms with E-state index >= 15 is 0 Å². The molecule has 17 heavy (non-hydrogen) atoms. The SMILES string of the molecule is O=C(c1cncnc1)c1cc(Cl)cc(Cl)c1O. The second kappa shape index (κ2) is 4.69. The monoisotopic (exact) mass is 268 g/mol. The predicted molar refractivity (Wildman–Crippen MR) is 63.6 cm³/mol. The third-order valence-electron chi connectivity index (χ3n) is 2.10. The molecule has 0 saturated carbocycles. The van der Waals surface area contributed by atoms with Crippen molar-refractivity contribution in [3.8, 4) is 5.75 Å². The summed E-state index contributed by atoms with van der Waals surface area (Å²) in [5.41, 5.74) is 0.276. The van der Waals surface area contributed by atoms with E-state index in [0.29, 0.717) is 0 Å². The van der Waals surface area contributed by atoms with Crippen molar-refractivity contribution in [2.75, 3.05) is 0 Å². The lowest BCUT2D eigenvalue weighted by molar-refractivity contribution is 0.103. The van der Waals surface area contributed by atoms with Crippen molar-refractivity contribution in [3.05, 3.63) is 52.0 Å². The van der Waals surface area contributed by atoms with Crippen LogP contribution in [0.25, 0.3) is 0 Å². The largest absolute Gasteiger partial charge is 0.506 e. The molecule has 0 saturated heterocycles. The van der Waals surface area contributed by atoms with Gasteiger partial charge in [0.2, 0.25) is 0 Å². The summed E-state index contributed by atoms with van der Waals surface area (Å²) in [4.78, 5) is 19.5. The van der Waals surface area contributed by atoms with Crippen LogP contribution >= 0.6 is 23.2 Å². The maximum Gasteiger partial charge on any atom is 0.199 e. The van der Waals surface area contributed by atoms with Crippen molar-refractivity contribution in [2.24, 2.45) is 0 Å². The van der Waals surface area contributed by atoms with Crippen molar-refractivity contribution in [3.63, 3.8) is 0 Å². The highest BCUT2D eigenvalue weighted by Crippen LogP contribution is 2.32. The Kier molecular flexibility index (Phi) is 3.26. The van der Waals surface area contributed by atoms with E-state index in [1.807, 2.05) is 0 Å². The van der Waals surface area contributed by atoms with Gasteiger partial charge >= 0.3 is 0 Å². The Morgan fingerprint density at radius 3 is 2.47 bits per heavy atom. The number of hydrogen-bond acceptors (Lipinski definition) is 4. The van der Waals surface area contributed by atoms with Gasteiger partial charge in [-0.05, 0) is 12.1 Å². The van der Waals surface area contributed by atoms with Crippen LogP contribution in [0.4, 0.5) is 0 Å². The fraction of sp³-hybridized carbons (Fsp3) is 0. The van der Waals surface area contributed by atoms with Crippen molar-refractivity contribution in [2.45, 2.75) is 0 Å². The number of hydrogen-bond donors (Lipinski definition) is 1. The number of phenols is 1. The number of phenolic OH excluding ortho intramolecular Hbond substituents is 1. The van der Waals surface area contributed by atoms with Crippen LogP contribution in [0, 0.1) is 0 Å². The summed E-state index contributed by atoms with van der Waals surface area (Å²) in [5.74, 6) is -0.739. The topological polar surface area (TPSA) is 63.1 Å². The molecule has 1 heterocycles. The molecule has 1 aromatic carbocycles. The quantitative estimate of drug-likeness (QED) is 0.851. The average Bonchev–Trinajstić information content (AvgIpc) is 2.34. The Morgan fingerprint density at radius 1 is 1.18 bits per heavy atom. The second-order valence-corrected chi connectivity index (χ2v) is 4.08. The van der Waals surface area contributed by atoms with Crippen LogP contribution in [0.3, 0.4) is 0 Å². The second-order valence-electron chi connectivity index (χ2n) is 3.24. The molecule has 4 nitrogen and oxygen atoms in total. The van der Waals surface area contributed by atoms with Gasteiger partial charge in [-0.1, -0.05) is 23.2 Å². The maximum absolute atomic E-state index is 12.0. The van der Waals surface area contributed by atoms with Crippen LogP contribution in [-0.4, -0.2) is 20.9 Å². The van der Waals surface area contributed by atoms with Gasteiger partial charge in [0.25, 0.3) is 0 Å². The third kappa shape index (κ3) is 2.38. The highest BCUT2D eigenvalue weighted by atomic mass is 35.5. The molecule has 1 aromatic heterocycles. The molecule has 86 valence electrons. The summed E-state index contributed by atoms with van der Waals surface area (Å²) in [6.07, 6.45) is 4.01. The molecule has 0 aliphatic carbocycles. The van der Waals surface area contributed by atoms with E-state index in [4.69, 9.17) is 23.2 Å². The molecule has 0 radical (unpaired) electrons. The molecule has 0 amide bonds. The summed E-state index contributed by atoms with van der Waals surface area (Å²) < 4.78 is 0. The van der Waals surface area contributed by atoms with Crippen molar-refractivity contribution in [1.29, 1.82) is 0 Å². The molecule has 0 aliphatic rings. The number of carbonyl (C=O) groups excluding carboxylic acids is 1. The molecule has 1 N–H and O–H groups in total. The number of aromatic hydroxyl groups is 1. The zero-order valence-electron chi connectivity index (χ0n) is 8.39. The lowest BCUT2D eigenvalue weighted by Gasteiger charge is -2.05. The van der Waals surface area contributed by atoms with Crippen molar-refractivity contribution >= 4 is 29.0 Å². The highest BCUT2D eigenvalue weighted by Gasteiger charge is 2.17. The highest BCUT2D eigenvalue weighted by molar-refractivity contribution is 6.36. The van der Waals surface area contributed by atoms with Gasteiger partial charge in [-0.25, -0.2) is 9.97 Å². The minimum absolute atomic E-state index is 0.0253. The van der Waals surface area contributed by atoms with E-state index in [2.05, 4.69) is 9.97 Å². The van der Waals surface area contributed by atoms with Gasteiger partial charge in [0.1, 0.15) is 12.1 Å². The van der Waals surface area contributed by atoms with Crippen LogP contribution in [0.15, 0.2) is 30.9 Å². The molecule has 6 heteroatoms. The Hall–Kier alpha value is -1.65. The van der Waals surface area contributed by atoms with E-state index < -0.39 is 5.78 Å². The maximum atomic E-state index is 12.0. The molecular weight excluding hydrogens is 263 g/mol. The van der Waals surface area contributed by atoms with Crippen LogP contribution in [0.5, 0.6) is 5.75 Å². The number of ketones is 1. The third-order valence-corrected chi connectivity index (χ3v) is 2.60. The minimum Gasteiger partial charge on any atom is -0.506 e. The van der Waals surface area contributed by atoms with E-state index in [-0.39, 0.29) is 26.9 Å². The molecule has 2 aromatic rings. The summed E-state index contributed by atoms with van der Waals surface area (Å²) in [5, 5.41) is 10.00. The smallest absolute Gasteiger partial charge is 0.199 e. The van der Waals surface area contributed by atoms with E-state index in [9.17, 15) is 9.90 Å². The Balaban J connectivity index is 2.52. The molecular formula is C11H6Cl2N2O2. The lowest BCUT2D eigenvalue weighted by Crippen LogP contribution is -2.03. The van der Waals surface area contributed by atoms with Gasteiger partial charge in [-0.15, -0.1) is 0 Å². The Labute approximate surface area is 107 Å². The van der Waals surface area contributed by atoms with Crippen molar-refractivity contribution < 1.29 is 9.90 Å². The van der Waals surface area contributed by atoms with Gasteiger partial charge in [0.15, 0.2) is 5.78 Å². The zero-order valence-corrected chi connectivity index (χ0v) is 9.90. The number of nitrogens with zero attached hydrogens (tertiary/aromatic N) is 2. The Bertz CT molecular complexity index is 573. The van der Waals surface area contributed by atoms with E-state index in [1.165, 1.54) is 30.9 Å². The lowest BCUT2D eigenvalue weighted by atomic mass is 10.1. The van der Waals surface area contributed by atoms with E-state index in [0.717, 1.165) is 0 Å². The van der Waals surface area contributed by atoms with Crippen LogP contribution in [-0.2, 0) is 0 Å². The number of aromatic nitrogens is 2. The number of halogens is 2. The first kappa shape index (κ1) is 11.8. The Morgan fingerprint density at radius 2 is 1.82 bits per heavy atom. The van der Waals surface area contributed by atoms with E-state index in [1.54, 1.807) is 0 Å². The number of rotatable bonds is 2. The zero-order chi connectivity index (χ0) is 12.4. The van der Waals surface area contributed by atoms with Gasteiger partial charge in [0.05, 0.1) is 16.1 Å². The number of benzene rings is 1. The predicted octanol–water partition coefficient (Wildman–Crippen LogP) is 2.72. The molecule has 0 bridgehead atoms. The minimum atomic E-state index is -0.437.